The van der Waals surface area contributed by atoms with E-state index in [-0.39, 0.29) is 11.3 Å². The van der Waals surface area contributed by atoms with Crippen LogP contribution >= 0.6 is 27.5 Å². The molecule has 6 heteroatoms. The highest BCUT2D eigenvalue weighted by Crippen LogP contribution is 2.22. The van der Waals surface area contributed by atoms with Crippen LogP contribution < -0.4 is 5.32 Å². The molecule has 19 heavy (non-hydrogen) atoms. The maximum Gasteiger partial charge on any atom is 0.264 e. The monoisotopic (exact) mass is 347 g/mol. The van der Waals surface area contributed by atoms with Gasteiger partial charge >= 0.3 is 0 Å². The normalized spacial score (nSPS) is 11.6. The van der Waals surface area contributed by atoms with E-state index in [4.69, 9.17) is 0 Å². The third-order valence-corrected chi connectivity index (χ3v) is 4.29. The van der Waals surface area contributed by atoms with Crippen LogP contribution in [0.1, 0.15) is 55.4 Å². The number of nitrogens with one attached hydrogen (secondary N) is 1. The predicted octanol–water partition coefficient (Wildman–Crippen LogP) is 3.42. The van der Waals surface area contributed by atoms with Gasteiger partial charge in [0.1, 0.15) is 4.88 Å². The van der Waals surface area contributed by atoms with Gasteiger partial charge < -0.3 is 5.32 Å². The van der Waals surface area contributed by atoms with Crippen molar-refractivity contribution in [2.75, 3.05) is 11.9 Å². The third kappa shape index (κ3) is 5.57. The molecule has 1 amide bonds. The van der Waals surface area contributed by atoms with Crippen molar-refractivity contribution >= 4 is 33.4 Å². The molecule has 1 aromatic heterocycles. The van der Waals surface area contributed by atoms with Gasteiger partial charge in [-0.1, -0.05) is 47.6 Å². The molecule has 1 heterocycles. The first-order valence-electron chi connectivity index (χ1n) is 6.65. The lowest BCUT2D eigenvalue weighted by Crippen LogP contribution is -2.34. The summed E-state index contributed by atoms with van der Waals surface area (Å²) in [6.07, 6.45) is 3.99. The Morgan fingerprint density at radius 2 is 2.21 bits per heavy atom. The Morgan fingerprint density at radius 3 is 2.84 bits per heavy atom. The zero-order valence-electron chi connectivity index (χ0n) is 11.8. The number of hydrogen-bond acceptors (Lipinski definition) is 4. The Hall–Kier alpha value is -0.490. The molecule has 0 saturated heterocycles. The lowest BCUT2D eigenvalue weighted by molar-refractivity contribution is 0.0937. The van der Waals surface area contributed by atoms with Gasteiger partial charge in [0, 0.05) is 11.9 Å². The SMILES string of the molecule is CCCc1nnsc1C(=O)NCC(C)(C)CCCBr. The molecule has 1 rings (SSSR count). The molecule has 0 atom stereocenters. The summed E-state index contributed by atoms with van der Waals surface area (Å²) in [6.45, 7) is 7.11. The minimum absolute atomic E-state index is 0.0367. The number of carbonyl (C=O) groups is 1. The zero-order valence-corrected chi connectivity index (χ0v) is 14.2. The maximum atomic E-state index is 12.1. The molecular formula is C13H22BrN3OS. The molecule has 0 aliphatic rings. The minimum Gasteiger partial charge on any atom is -0.351 e. The van der Waals surface area contributed by atoms with E-state index in [0.29, 0.717) is 11.4 Å². The second kappa shape index (κ2) is 7.94. The van der Waals surface area contributed by atoms with Crippen LogP contribution in [0.3, 0.4) is 0 Å². The number of carbonyl (C=O) groups excluding carboxylic acids is 1. The molecule has 0 bridgehead atoms. The molecule has 0 saturated carbocycles. The fraction of sp³-hybridized carbons (Fsp3) is 0.769. The second-order valence-electron chi connectivity index (χ2n) is 5.44. The van der Waals surface area contributed by atoms with Gasteiger partial charge in [-0.25, -0.2) is 0 Å². The highest BCUT2D eigenvalue weighted by Gasteiger charge is 2.21. The smallest absolute Gasteiger partial charge is 0.264 e. The number of aromatic nitrogens is 2. The lowest BCUT2D eigenvalue weighted by atomic mass is 9.88. The van der Waals surface area contributed by atoms with Crippen LogP contribution in [0.15, 0.2) is 0 Å². The summed E-state index contributed by atoms with van der Waals surface area (Å²) in [5.74, 6) is -0.0367. The van der Waals surface area contributed by atoms with E-state index < -0.39 is 0 Å². The summed E-state index contributed by atoms with van der Waals surface area (Å²) in [5, 5.41) is 8.04. The average Bonchev–Trinajstić information content (AvgIpc) is 2.82. The number of halogens is 1. The Balaban J connectivity index is 2.52. The molecule has 4 nitrogen and oxygen atoms in total. The van der Waals surface area contributed by atoms with Gasteiger partial charge in [-0.15, -0.1) is 5.10 Å². The molecule has 0 fully saturated rings. The molecule has 108 valence electrons. The molecule has 0 aromatic carbocycles. The van der Waals surface area contributed by atoms with Crippen molar-refractivity contribution in [2.24, 2.45) is 5.41 Å². The number of nitrogens with zero attached hydrogens (tertiary/aromatic N) is 2. The summed E-state index contributed by atoms with van der Waals surface area (Å²) < 4.78 is 3.88. The van der Waals surface area contributed by atoms with Crippen LogP contribution in [-0.4, -0.2) is 27.4 Å². The van der Waals surface area contributed by atoms with Crippen molar-refractivity contribution < 1.29 is 4.79 Å². The first kappa shape index (κ1) is 16.6. The van der Waals surface area contributed by atoms with Crippen LogP contribution in [0.4, 0.5) is 0 Å². The first-order valence-corrected chi connectivity index (χ1v) is 8.55. The Kier molecular flexibility index (Phi) is 6.93. The average molecular weight is 348 g/mol. The predicted molar refractivity (Wildman–Crippen MR) is 83.0 cm³/mol. The molecular weight excluding hydrogens is 326 g/mol. The van der Waals surface area contributed by atoms with Crippen molar-refractivity contribution in [3.8, 4) is 0 Å². The fourth-order valence-corrected chi connectivity index (χ4v) is 2.72. The number of rotatable bonds is 8. The van der Waals surface area contributed by atoms with Gasteiger partial charge in [-0.2, -0.15) is 0 Å². The summed E-state index contributed by atoms with van der Waals surface area (Å²) in [6, 6.07) is 0. The number of amides is 1. The Labute approximate surface area is 127 Å². The summed E-state index contributed by atoms with van der Waals surface area (Å²) >= 11 is 4.62. The number of alkyl halides is 1. The molecule has 0 aliphatic carbocycles. The van der Waals surface area contributed by atoms with Crippen molar-refractivity contribution in [2.45, 2.75) is 46.5 Å². The van der Waals surface area contributed by atoms with Crippen LogP contribution in [0.5, 0.6) is 0 Å². The highest BCUT2D eigenvalue weighted by molar-refractivity contribution is 9.09. The third-order valence-electron chi connectivity index (χ3n) is 2.96. The van der Waals surface area contributed by atoms with Crippen molar-refractivity contribution in [1.82, 2.24) is 14.9 Å². The quantitative estimate of drug-likeness (QED) is 0.733. The van der Waals surface area contributed by atoms with Crippen molar-refractivity contribution in [3.05, 3.63) is 10.6 Å². The van der Waals surface area contributed by atoms with Crippen molar-refractivity contribution in [1.29, 1.82) is 0 Å². The Bertz CT molecular complexity index is 406. The van der Waals surface area contributed by atoms with Gasteiger partial charge in [0.05, 0.1) is 5.69 Å². The van der Waals surface area contributed by atoms with E-state index in [1.165, 1.54) is 11.5 Å². The van der Waals surface area contributed by atoms with Crippen molar-refractivity contribution in [3.63, 3.8) is 0 Å². The van der Waals surface area contributed by atoms with Crippen LogP contribution in [-0.2, 0) is 6.42 Å². The topological polar surface area (TPSA) is 54.9 Å². The van der Waals surface area contributed by atoms with E-state index in [2.05, 4.69) is 51.6 Å². The second-order valence-corrected chi connectivity index (χ2v) is 6.99. The van der Waals surface area contributed by atoms with Gasteiger partial charge in [-0.05, 0) is 36.2 Å². The zero-order chi connectivity index (χ0) is 14.3. The molecule has 1 N–H and O–H groups in total. The maximum absolute atomic E-state index is 12.1. The van der Waals surface area contributed by atoms with E-state index in [9.17, 15) is 4.79 Å². The van der Waals surface area contributed by atoms with E-state index in [1.54, 1.807) is 0 Å². The number of aryl methyl sites for hydroxylation is 1. The largest absolute Gasteiger partial charge is 0.351 e. The van der Waals surface area contributed by atoms with Crippen LogP contribution in [0.2, 0.25) is 0 Å². The highest BCUT2D eigenvalue weighted by atomic mass is 79.9. The fourth-order valence-electron chi connectivity index (χ4n) is 1.82. The van der Waals surface area contributed by atoms with E-state index in [1.807, 2.05) is 0 Å². The van der Waals surface area contributed by atoms with Gasteiger partial charge in [0.25, 0.3) is 5.91 Å². The van der Waals surface area contributed by atoms with Gasteiger partial charge in [0.15, 0.2) is 0 Å². The van der Waals surface area contributed by atoms with Gasteiger partial charge in [0.2, 0.25) is 0 Å². The van der Waals surface area contributed by atoms with E-state index >= 15 is 0 Å². The van der Waals surface area contributed by atoms with Crippen LogP contribution in [0, 0.1) is 5.41 Å². The molecule has 0 aliphatic heterocycles. The molecule has 0 radical (unpaired) electrons. The molecule has 0 spiro atoms. The number of hydrogen-bond donors (Lipinski definition) is 1. The summed E-state index contributed by atoms with van der Waals surface area (Å²) in [4.78, 5) is 12.8. The first-order chi connectivity index (χ1) is 9.00. The standard InChI is InChI=1S/C13H22BrN3OS/c1-4-6-10-11(19-17-16-10)12(18)15-9-13(2,3)7-5-8-14/h4-9H2,1-3H3,(H,15,18). The summed E-state index contributed by atoms with van der Waals surface area (Å²) in [7, 11) is 0. The van der Waals surface area contributed by atoms with Crippen LogP contribution in [0.25, 0.3) is 0 Å². The van der Waals surface area contributed by atoms with Gasteiger partial charge in [-0.3, -0.25) is 4.79 Å². The molecule has 1 aromatic rings. The Morgan fingerprint density at radius 1 is 1.47 bits per heavy atom. The molecule has 0 unspecified atom stereocenters. The van der Waals surface area contributed by atoms with E-state index in [0.717, 1.165) is 36.7 Å². The minimum atomic E-state index is -0.0367. The lowest BCUT2D eigenvalue weighted by Gasteiger charge is -2.24. The summed E-state index contributed by atoms with van der Waals surface area (Å²) in [5.41, 5.74) is 0.940.